The fourth-order valence-corrected chi connectivity index (χ4v) is 10.1. The molecule has 0 heterocycles. The van der Waals surface area contributed by atoms with Gasteiger partial charge in [0.2, 0.25) is 31.9 Å². The number of amides is 2. The van der Waals surface area contributed by atoms with Crippen LogP contribution in [0.1, 0.15) is 98.8 Å². The molecule has 15 heteroatoms. The molecule has 0 spiro atoms. The van der Waals surface area contributed by atoms with Gasteiger partial charge in [0.15, 0.2) is 0 Å². The van der Waals surface area contributed by atoms with E-state index in [0.717, 1.165) is 30.0 Å². The normalized spacial score (nSPS) is 25.6. The van der Waals surface area contributed by atoms with E-state index in [4.69, 9.17) is 0 Å². The molecule has 2 aliphatic rings. The first-order valence-corrected chi connectivity index (χ1v) is 20.7. The lowest BCUT2D eigenvalue weighted by Crippen LogP contribution is -2.55. The number of aliphatic hydroxyl groups excluding tert-OH is 2. The number of hydrazine groups is 1. The van der Waals surface area contributed by atoms with Gasteiger partial charge in [0.05, 0.1) is 29.3 Å². The van der Waals surface area contributed by atoms with Gasteiger partial charge in [-0.15, -0.1) is 4.83 Å². The van der Waals surface area contributed by atoms with Crippen molar-refractivity contribution < 1.29 is 36.6 Å². The predicted molar refractivity (Wildman–Crippen MR) is 184 cm³/mol. The summed E-state index contributed by atoms with van der Waals surface area (Å²) in [6, 6.07) is -0.747. The second kappa shape index (κ2) is 19.1. The van der Waals surface area contributed by atoms with Crippen LogP contribution in [-0.4, -0.2) is 123 Å². The molecule has 276 valence electrons. The minimum atomic E-state index is -3.76. The number of likely N-dealkylation sites (N-methyl/N-ethyl adjacent to an activating group) is 1. The number of nitrogens with one attached hydrogen (secondary N) is 2. The van der Waals surface area contributed by atoms with Gasteiger partial charge in [-0.05, 0) is 76.0 Å². The average molecular weight is 710 g/mol. The van der Waals surface area contributed by atoms with Crippen LogP contribution in [0.4, 0.5) is 0 Å². The first kappa shape index (κ1) is 41.8. The molecule has 2 aliphatic carbocycles. The summed E-state index contributed by atoms with van der Waals surface area (Å²) in [5, 5.41) is 25.1. The number of hydrogen-bond donors (Lipinski definition) is 4. The molecule has 0 radical (unpaired) electrons. The van der Waals surface area contributed by atoms with Crippen LogP contribution in [0.15, 0.2) is 0 Å². The first-order chi connectivity index (χ1) is 21.9. The minimum absolute atomic E-state index is 0.0617. The lowest BCUT2D eigenvalue weighted by molar-refractivity contribution is -0.138. The molecule has 2 saturated carbocycles. The Morgan fingerprint density at radius 3 is 1.98 bits per heavy atom. The Bertz CT molecular complexity index is 1190. The molecule has 13 nitrogen and oxygen atoms in total. The van der Waals surface area contributed by atoms with Crippen LogP contribution < -0.4 is 10.1 Å². The highest BCUT2D eigenvalue weighted by Crippen LogP contribution is 2.36. The number of sulfonamides is 2. The van der Waals surface area contributed by atoms with E-state index in [0.29, 0.717) is 32.4 Å². The number of carbonyl (C=O) groups is 2. The predicted octanol–water partition coefficient (Wildman–Crippen LogP) is 1.91. The summed E-state index contributed by atoms with van der Waals surface area (Å²) in [4.78, 5) is 32.1. The highest BCUT2D eigenvalue weighted by molar-refractivity contribution is 7.89. The Hall–Kier alpha value is -1.36. The second-order valence-electron chi connectivity index (χ2n) is 14.3. The van der Waals surface area contributed by atoms with Gasteiger partial charge in [-0.1, -0.05) is 34.6 Å². The number of nitrogens with zero attached hydrogens (tertiary/aromatic N) is 3. The molecule has 4 N–H and O–H groups in total. The van der Waals surface area contributed by atoms with E-state index < -0.39 is 55.2 Å². The number of hydrogen-bond acceptors (Lipinski definition) is 9. The van der Waals surface area contributed by atoms with E-state index >= 15 is 0 Å². The average Bonchev–Trinajstić information content (AvgIpc) is 2.99. The molecule has 0 aromatic carbocycles. The van der Waals surface area contributed by atoms with Crippen LogP contribution in [-0.2, 0) is 29.6 Å². The van der Waals surface area contributed by atoms with Gasteiger partial charge in [0, 0.05) is 52.1 Å². The molecule has 47 heavy (non-hydrogen) atoms. The highest BCUT2D eigenvalue weighted by Gasteiger charge is 2.44. The molecular formula is C32H63N5O8S2. The van der Waals surface area contributed by atoms with Crippen LogP contribution in [0.25, 0.3) is 0 Å². The monoisotopic (exact) mass is 709 g/mol. The van der Waals surface area contributed by atoms with Crippen molar-refractivity contribution in [3.63, 3.8) is 0 Å². The molecule has 0 bridgehead atoms. The summed E-state index contributed by atoms with van der Waals surface area (Å²) < 4.78 is 53.2. The number of rotatable bonds is 19. The van der Waals surface area contributed by atoms with Crippen molar-refractivity contribution in [3.8, 4) is 0 Å². The highest BCUT2D eigenvalue weighted by atomic mass is 32.2. The summed E-state index contributed by atoms with van der Waals surface area (Å²) in [5.41, 5.74) is 0. The minimum Gasteiger partial charge on any atom is -0.393 e. The van der Waals surface area contributed by atoms with Gasteiger partial charge in [-0.3, -0.25) is 9.59 Å². The van der Waals surface area contributed by atoms with Crippen molar-refractivity contribution in [2.75, 3.05) is 46.0 Å². The van der Waals surface area contributed by atoms with Gasteiger partial charge >= 0.3 is 0 Å². The van der Waals surface area contributed by atoms with Crippen molar-refractivity contribution in [2.45, 2.75) is 122 Å². The summed E-state index contributed by atoms with van der Waals surface area (Å²) in [6.07, 6.45) is 3.57. The van der Waals surface area contributed by atoms with Crippen molar-refractivity contribution >= 4 is 31.9 Å². The van der Waals surface area contributed by atoms with Gasteiger partial charge in [0.25, 0.3) is 0 Å². The maximum Gasteiger partial charge on any atom is 0.225 e. The van der Waals surface area contributed by atoms with E-state index in [1.807, 2.05) is 13.8 Å². The maximum atomic E-state index is 14.0. The van der Waals surface area contributed by atoms with Crippen LogP contribution in [0.2, 0.25) is 0 Å². The molecule has 0 saturated heterocycles. The van der Waals surface area contributed by atoms with Gasteiger partial charge in [-0.25, -0.2) is 26.1 Å². The zero-order valence-corrected chi connectivity index (χ0v) is 31.4. The Balaban J connectivity index is 2.34. The Kier molecular flexibility index (Phi) is 17.0. The zero-order valence-electron chi connectivity index (χ0n) is 29.7. The van der Waals surface area contributed by atoms with Crippen LogP contribution in [0.5, 0.6) is 0 Å². The second-order valence-corrected chi connectivity index (χ2v) is 18.4. The third kappa shape index (κ3) is 13.1. The van der Waals surface area contributed by atoms with E-state index in [-0.39, 0.29) is 62.0 Å². The summed E-state index contributed by atoms with van der Waals surface area (Å²) in [5.74, 6) is -1.98. The topological polar surface area (TPSA) is 177 Å². The number of aliphatic hydroxyl groups is 2. The summed E-state index contributed by atoms with van der Waals surface area (Å²) >= 11 is 0. The lowest BCUT2D eigenvalue weighted by Gasteiger charge is -2.38. The maximum absolute atomic E-state index is 14.0. The van der Waals surface area contributed by atoms with Crippen molar-refractivity contribution in [3.05, 3.63) is 0 Å². The van der Waals surface area contributed by atoms with E-state index in [1.165, 1.54) is 19.1 Å². The van der Waals surface area contributed by atoms with Crippen molar-refractivity contribution in [1.82, 2.24) is 24.4 Å². The number of carbonyl (C=O) groups excluding carboxylic acids is 2. The molecule has 5 unspecified atom stereocenters. The Labute approximate surface area is 284 Å². The molecule has 2 amide bonds. The van der Waals surface area contributed by atoms with Crippen LogP contribution >= 0.6 is 0 Å². The molecule has 2 rings (SSSR count). The quantitative estimate of drug-likeness (QED) is 0.146. The molecule has 0 aromatic heterocycles. The smallest absolute Gasteiger partial charge is 0.225 e. The molecule has 0 aromatic rings. The standard InChI is InChI=1S/C32H63N5O8S2/c1-8-15-36(16-9-2)32(41)26-18-25(19-28(20-26)47(44,45)35(6)7)31(40)33-29(17-24-11-13-27(38)14-12-24)30(39)21-37(10-3)34-46(42,43)22-23(4)5/h23-30,34,38-39H,8-22H2,1-7H3,(H,33,40). The van der Waals surface area contributed by atoms with E-state index in [9.17, 15) is 36.6 Å². The SMILES string of the molecule is CCCN(CCC)C(=O)C1CC(C(=O)NC(CC2CCC(O)CC2)C(O)CN(CC)NS(=O)(=O)CC(C)C)CC(S(=O)(=O)N(C)C)C1. The third-order valence-corrected chi connectivity index (χ3v) is 13.3. The molecule has 0 aliphatic heterocycles. The third-order valence-electron chi connectivity index (χ3n) is 9.42. The molecular weight excluding hydrogens is 647 g/mol. The fourth-order valence-electron chi connectivity index (χ4n) is 6.96. The summed E-state index contributed by atoms with van der Waals surface area (Å²) in [6.45, 7) is 10.7. The van der Waals surface area contributed by atoms with Crippen molar-refractivity contribution in [1.29, 1.82) is 0 Å². The molecule has 2 fully saturated rings. The van der Waals surface area contributed by atoms with Gasteiger partial charge in [-0.2, -0.15) is 0 Å². The Morgan fingerprint density at radius 2 is 1.47 bits per heavy atom. The van der Waals surface area contributed by atoms with Crippen molar-refractivity contribution in [2.24, 2.45) is 23.7 Å². The van der Waals surface area contributed by atoms with E-state index in [2.05, 4.69) is 10.1 Å². The van der Waals surface area contributed by atoms with Gasteiger partial charge in [0.1, 0.15) is 0 Å². The van der Waals surface area contributed by atoms with Crippen LogP contribution in [0.3, 0.4) is 0 Å². The Morgan fingerprint density at radius 1 is 0.894 bits per heavy atom. The van der Waals surface area contributed by atoms with Gasteiger partial charge < -0.3 is 20.4 Å². The van der Waals surface area contributed by atoms with Crippen LogP contribution in [0, 0.1) is 23.7 Å². The summed E-state index contributed by atoms with van der Waals surface area (Å²) in [7, 11) is -4.49. The largest absolute Gasteiger partial charge is 0.393 e. The molecule has 5 atom stereocenters. The first-order valence-electron chi connectivity index (χ1n) is 17.5. The van der Waals surface area contributed by atoms with E-state index in [1.54, 1.807) is 25.7 Å². The fraction of sp³-hybridized carbons (Fsp3) is 0.938. The zero-order chi connectivity index (χ0) is 35.5. The lowest BCUT2D eigenvalue weighted by atomic mass is 9.79.